The van der Waals surface area contributed by atoms with Gasteiger partial charge in [0.2, 0.25) is 10.0 Å². The first-order valence-electron chi connectivity index (χ1n) is 4.54. The van der Waals surface area contributed by atoms with E-state index in [2.05, 4.69) is 23.4 Å². The first kappa shape index (κ1) is 12.5. The van der Waals surface area contributed by atoms with E-state index in [9.17, 15) is 8.42 Å². The molecule has 6 nitrogen and oxygen atoms in total. The number of rotatable bonds is 6. The third-order valence-electron chi connectivity index (χ3n) is 1.92. The van der Waals surface area contributed by atoms with E-state index in [1.165, 1.54) is 22.7 Å². The zero-order chi connectivity index (χ0) is 12.2. The summed E-state index contributed by atoms with van der Waals surface area (Å²) in [5, 5.41) is 5.97. The molecule has 1 aromatic rings. The third-order valence-corrected chi connectivity index (χ3v) is 3.77. The number of anilines is 1. The molecule has 88 valence electrons. The summed E-state index contributed by atoms with van der Waals surface area (Å²) in [7, 11) is -3.64. The molecule has 0 aliphatic carbocycles. The molecular weight excluding hydrogens is 228 g/mol. The minimum Gasteiger partial charge on any atom is -0.383 e. The summed E-state index contributed by atoms with van der Waals surface area (Å²) in [6.45, 7) is 7.40. The lowest BCUT2D eigenvalue weighted by molar-refractivity contribution is 0.474. The second-order valence-electron chi connectivity index (χ2n) is 3.05. The lowest BCUT2D eigenvalue weighted by Crippen LogP contribution is -2.31. The fraction of sp³-hybridized carbons (Fsp3) is 0.222. The average Bonchev–Trinajstić information content (AvgIpc) is 2.65. The van der Waals surface area contributed by atoms with Gasteiger partial charge >= 0.3 is 0 Å². The summed E-state index contributed by atoms with van der Waals surface area (Å²) >= 11 is 0. The zero-order valence-corrected chi connectivity index (χ0v) is 9.57. The van der Waals surface area contributed by atoms with E-state index < -0.39 is 10.0 Å². The zero-order valence-electron chi connectivity index (χ0n) is 8.76. The van der Waals surface area contributed by atoms with E-state index in [-0.39, 0.29) is 23.8 Å². The predicted octanol–water partition coefficient (Wildman–Crippen LogP) is 0.355. The van der Waals surface area contributed by atoms with Crippen molar-refractivity contribution in [3.05, 3.63) is 31.5 Å². The lowest BCUT2D eigenvalue weighted by Gasteiger charge is -2.17. The Bertz CT molecular complexity index is 467. The fourth-order valence-electron chi connectivity index (χ4n) is 1.19. The largest absolute Gasteiger partial charge is 0.383 e. The summed E-state index contributed by atoms with van der Waals surface area (Å²) in [5.74, 6) is 0.0260. The van der Waals surface area contributed by atoms with Crippen LogP contribution in [0.2, 0.25) is 0 Å². The minimum atomic E-state index is -3.64. The van der Waals surface area contributed by atoms with Gasteiger partial charge in [-0.05, 0) is 0 Å². The molecule has 16 heavy (non-hydrogen) atoms. The Morgan fingerprint density at radius 2 is 2.00 bits per heavy atom. The molecule has 1 rings (SSSR count). The second-order valence-corrected chi connectivity index (χ2v) is 4.95. The highest BCUT2D eigenvalue weighted by Crippen LogP contribution is 2.19. The van der Waals surface area contributed by atoms with Gasteiger partial charge in [0.25, 0.3) is 0 Å². The molecular formula is C9H14N4O2S. The molecule has 0 aliphatic rings. The molecule has 0 unspecified atom stereocenters. The molecule has 0 spiro atoms. The fourth-order valence-corrected chi connectivity index (χ4v) is 2.58. The van der Waals surface area contributed by atoms with Crippen molar-refractivity contribution >= 4 is 15.8 Å². The highest BCUT2D eigenvalue weighted by atomic mass is 32.2. The van der Waals surface area contributed by atoms with E-state index in [1.807, 2.05) is 0 Å². The monoisotopic (exact) mass is 242 g/mol. The molecule has 0 aromatic carbocycles. The van der Waals surface area contributed by atoms with Crippen molar-refractivity contribution in [2.75, 3.05) is 18.8 Å². The van der Waals surface area contributed by atoms with Gasteiger partial charge in [0.05, 0.1) is 6.20 Å². The number of hydrogen-bond acceptors (Lipinski definition) is 4. The number of aromatic nitrogens is 2. The number of H-pyrrole nitrogens is 1. The Hall–Kier alpha value is -1.60. The predicted molar refractivity (Wildman–Crippen MR) is 62.2 cm³/mol. The van der Waals surface area contributed by atoms with Crippen molar-refractivity contribution in [3.8, 4) is 0 Å². The van der Waals surface area contributed by atoms with E-state index >= 15 is 0 Å². The molecule has 0 radical (unpaired) electrons. The highest BCUT2D eigenvalue weighted by Gasteiger charge is 2.25. The second kappa shape index (κ2) is 4.95. The van der Waals surface area contributed by atoms with Crippen molar-refractivity contribution in [1.82, 2.24) is 14.5 Å². The van der Waals surface area contributed by atoms with Crippen LogP contribution in [0.1, 0.15) is 0 Å². The van der Waals surface area contributed by atoms with Crippen LogP contribution in [0.25, 0.3) is 0 Å². The summed E-state index contributed by atoms with van der Waals surface area (Å²) < 4.78 is 25.4. The first-order valence-corrected chi connectivity index (χ1v) is 5.98. The maximum absolute atomic E-state index is 12.1. The molecule has 0 bridgehead atoms. The first-order chi connectivity index (χ1) is 7.54. The lowest BCUT2D eigenvalue weighted by atomic mass is 10.5. The van der Waals surface area contributed by atoms with Gasteiger partial charge in [0.1, 0.15) is 10.7 Å². The number of hydrogen-bond donors (Lipinski definition) is 2. The Labute approximate surface area is 94.5 Å². The summed E-state index contributed by atoms with van der Waals surface area (Å²) in [6.07, 6.45) is 4.18. The van der Waals surface area contributed by atoms with Crippen LogP contribution in [-0.2, 0) is 10.0 Å². The van der Waals surface area contributed by atoms with Crippen molar-refractivity contribution in [2.24, 2.45) is 0 Å². The molecule has 0 amide bonds. The number of nitrogens with two attached hydrogens (primary N) is 1. The van der Waals surface area contributed by atoms with E-state index in [0.29, 0.717) is 0 Å². The highest BCUT2D eigenvalue weighted by molar-refractivity contribution is 7.89. The van der Waals surface area contributed by atoms with Crippen LogP contribution in [0.4, 0.5) is 5.82 Å². The quantitative estimate of drug-likeness (QED) is 0.704. The molecule has 3 N–H and O–H groups in total. The average molecular weight is 242 g/mol. The van der Waals surface area contributed by atoms with Gasteiger partial charge < -0.3 is 5.73 Å². The van der Waals surface area contributed by atoms with Gasteiger partial charge in [-0.3, -0.25) is 5.10 Å². The molecule has 1 aromatic heterocycles. The van der Waals surface area contributed by atoms with Gasteiger partial charge in [-0.1, -0.05) is 12.2 Å². The summed E-state index contributed by atoms with van der Waals surface area (Å²) in [6, 6.07) is 0. The molecule has 0 fully saturated rings. The third kappa shape index (κ3) is 2.31. The van der Waals surface area contributed by atoms with Crippen LogP contribution < -0.4 is 5.73 Å². The molecule has 7 heteroatoms. The normalized spacial score (nSPS) is 11.6. The van der Waals surface area contributed by atoms with Crippen molar-refractivity contribution < 1.29 is 8.42 Å². The molecule has 0 saturated heterocycles. The number of nitrogens with zero attached hydrogens (tertiary/aromatic N) is 2. The van der Waals surface area contributed by atoms with Crippen LogP contribution >= 0.6 is 0 Å². The Morgan fingerprint density at radius 1 is 1.44 bits per heavy atom. The molecule has 0 aliphatic heterocycles. The molecule has 0 atom stereocenters. The van der Waals surface area contributed by atoms with Crippen LogP contribution in [0.3, 0.4) is 0 Å². The van der Waals surface area contributed by atoms with E-state index in [0.717, 1.165) is 0 Å². The molecule has 1 heterocycles. The van der Waals surface area contributed by atoms with Crippen LogP contribution in [0.15, 0.2) is 36.4 Å². The number of nitrogens with one attached hydrogen (secondary N) is 1. The standard InChI is InChI=1S/C9H14N4O2S/c1-3-5-13(6-4-2)16(14,15)8-7-11-12-9(8)10/h3-4,7H,1-2,5-6H2,(H3,10,11,12). The Kier molecular flexibility index (Phi) is 3.86. The van der Waals surface area contributed by atoms with Gasteiger partial charge in [-0.2, -0.15) is 9.40 Å². The van der Waals surface area contributed by atoms with E-state index in [1.54, 1.807) is 0 Å². The SMILES string of the molecule is C=CCN(CC=C)S(=O)(=O)c1cn[nH]c1N. The number of nitrogen functional groups attached to an aromatic ring is 1. The topological polar surface area (TPSA) is 92.1 Å². The van der Waals surface area contributed by atoms with Gasteiger partial charge in [-0.15, -0.1) is 13.2 Å². The van der Waals surface area contributed by atoms with Crippen molar-refractivity contribution in [2.45, 2.75) is 4.90 Å². The smallest absolute Gasteiger partial charge is 0.248 e. The maximum Gasteiger partial charge on any atom is 0.248 e. The van der Waals surface area contributed by atoms with Crippen molar-refractivity contribution in [1.29, 1.82) is 0 Å². The summed E-state index contributed by atoms with van der Waals surface area (Å²) in [5.41, 5.74) is 5.48. The van der Waals surface area contributed by atoms with Gasteiger partial charge in [0, 0.05) is 13.1 Å². The summed E-state index contributed by atoms with van der Waals surface area (Å²) in [4.78, 5) is -0.0313. The number of aromatic amines is 1. The van der Waals surface area contributed by atoms with Crippen LogP contribution in [0, 0.1) is 0 Å². The van der Waals surface area contributed by atoms with Gasteiger partial charge in [-0.25, -0.2) is 8.42 Å². The minimum absolute atomic E-state index is 0.0260. The van der Waals surface area contributed by atoms with Crippen molar-refractivity contribution in [3.63, 3.8) is 0 Å². The molecule has 0 saturated carbocycles. The van der Waals surface area contributed by atoms with Gasteiger partial charge in [0.15, 0.2) is 0 Å². The number of sulfonamides is 1. The Balaban J connectivity index is 3.12. The maximum atomic E-state index is 12.1. The van der Waals surface area contributed by atoms with Crippen LogP contribution in [-0.4, -0.2) is 36.0 Å². The van der Waals surface area contributed by atoms with Crippen LogP contribution in [0.5, 0.6) is 0 Å². The Morgan fingerprint density at radius 3 is 2.38 bits per heavy atom. The van der Waals surface area contributed by atoms with E-state index in [4.69, 9.17) is 5.73 Å².